The Morgan fingerprint density at radius 2 is 2.25 bits per heavy atom. The van der Waals surface area contributed by atoms with Crippen molar-refractivity contribution in [1.29, 1.82) is 0 Å². The monoisotopic (exact) mass is 226 g/mol. The van der Waals surface area contributed by atoms with E-state index >= 15 is 0 Å². The minimum Gasteiger partial charge on any atom is -0.389 e. The number of nitrogens with zero attached hydrogens (tertiary/aromatic N) is 4. The third-order valence-corrected chi connectivity index (χ3v) is 2.07. The van der Waals surface area contributed by atoms with Gasteiger partial charge < -0.3 is 10.0 Å². The predicted octanol–water partition coefficient (Wildman–Crippen LogP) is -0.103. The summed E-state index contributed by atoms with van der Waals surface area (Å²) in [6, 6.07) is 0. The number of aliphatic hydroxyl groups is 1. The molecule has 1 heterocycles. The highest BCUT2D eigenvalue weighted by Gasteiger charge is 2.18. The molecule has 1 aromatic heterocycles. The van der Waals surface area contributed by atoms with Crippen molar-refractivity contribution in [3.63, 3.8) is 0 Å². The van der Waals surface area contributed by atoms with Crippen LogP contribution in [0.1, 0.15) is 20.3 Å². The Bertz CT molecular complexity index is 329. The Morgan fingerprint density at radius 3 is 2.75 bits per heavy atom. The first-order valence-corrected chi connectivity index (χ1v) is 5.17. The first-order valence-electron chi connectivity index (χ1n) is 5.17. The van der Waals surface area contributed by atoms with Gasteiger partial charge in [0.05, 0.1) is 12.1 Å². The van der Waals surface area contributed by atoms with E-state index in [4.69, 9.17) is 0 Å². The Balaban J connectivity index is 2.35. The maximum Gasteiger partial charge on any atom is 0.224 e. The molecule has 0 radical (unpaired) electrons. The maximum absolute atomic E-state index is 11.7. The van der Waals surface area contributed by atoms with Gasteiger partial charge in [-0.1, -0.05) is 0 Å². The summed E-state index contributed by atoms with van der Waals surface area (Å²) in [7, 11) is 1.68. The molecule has 0 aromatic carbocycles. The minimum absolute atomic E-state index is 0.0161. The van der Waals surface area contributed by atoms with Gasteiger partial charge in [-0.05, 0) is 13.8 Å². The van der Waals surface area contributed by atoms with Gasteiger partial charge in [-0.25, -0.2) is 4.98 Å². The first kappa shape index (κ1) is 12.6. The zero-order valence-electron chi connectivity index (χ0n) is 9.92. The van der Waals surface area contributed by atoms with Crippen molar-refractivity contribution in [3.05, 3.63) is 12.7 Å². The molecule has 1 rings (SSSR count). The number of aromatic nitrogens is 3. The Labute approximate surface area is 94.9 Å². The molecule has 0 aliphatic carbocycles. The molecule has 0 unspecified atom stereocenters. The molecule has 0 aliphatic heterocycles. The van der Waals surface area contributed by atoms with Gasteiger partial charge in [-0.15, -0.1) is 0 Å². The maximum atomic E-state index is 11.7. The summed E-state index contributed by atoms with van der Waals surface area (Å²) < 4.78 is 1.61. The van der Waals surface area contributed by atoms with Gasteiger partial charge in [0.25, 0.3) is 0 Å². The largest absolute Gasteiger partial charge is 0.389 e. The van der Waals surface area contributed by atoms with Crippen LogP contribution in [0.4, 0.5) is 0 Å². The lowest BCUT2D eigenvalue weighted by molar-refractivity contribution is -0.132. The molecular weight excluding hydrogens is 208 g/mol. The molecule has 16 heavy (non-hydrogen) atoms. The number of carbonyl (C=O) groups excluding carboxylic acids is 1. The molecule has 0 spiro atoms. The highest BCUT2D eigenvalue weighted by molar-refractivity contribution is 5.75. The van der Waals surface area contributed by atoms with Crippen LogP contribution in [-0.2, 0) is 11.3 Å². The number of amides is 1. The van der Waals surface area contributed by atoms with Crippen LogP contribution in [0, 0.1) is 0 Å². The summed E-state index contributed by atoms with van der Waals surface area (Å²) in [5.41, 5.74) is -0.863. The fraction of sp³-hybridized carbons (Fsp3) is 0.700. The van der Waals surface area contributed by atoms with E-state index in [-0.39, 0.29) is 5.91 Å². The number of likely N-dealkylation sites (N-methyl/N-ethyl adjacent to an activating group) is 1. The number of rotatable bonds is 5. The molecule has 1 N–H and O–H groups in total. The summed E-state index contributed by atoms with van der Waals surface area (Å²) >= 11 is 0. The third kappa shape index (κ3) is 4.39. The Morgan fingerprint density at radius 1 is 1.56 bits per heavy atom. The molecule has 0 saturated heterocycles. The second-order valence-electron chi connectivity index (χ2n) is 4.47. The van der Waals surface area contributed by atoms with Crippen LogP contribution in [0.3, 0.4) is 0 Å². The zero-order chi connectivity index (χ0) is 12.2. The fourth-order valence-electron chi connectivity index (χ4n) is 1.42. The molecule has 0 saturated carbocycles. The zero-order valence-corrected chi connectivity index (χ0v) is 9.92. The SMILES string of the molecule is CN(CC(C)(C)O)C(=O)CCn1cncn1. The lowest BCUT2D eigenvalue weighted by Crippen LogP contribution is -2.39. The van der Waals surface area contributed by atoms with Gasteiger partial charge in [-0.3, -0.25) is 9.48 Å². The van der Waals surface area contributed by atoms with Crippen molar-refractivity contribution in [2.45, 2.75) is 32.4 Å². The number of hydrogen-bond donors (Lipinski definition) is 1. The predicted molar refractivity (Wildman–Crippen MR) is 58.6 cm³/mol. The average molecular weight is 226 g/mol. The summed E-state index contributed by atoms with van der Waals surface area (Å²) in [5, 5.41) is 13.5. The highest BCUT2D eigenvalue weighted by Crippen LogP contribution is 2.04. The lowest BCUT2D eigenvalue weighted by atomic mass is 10.1. The molecule has 6 nitrogen and oxygen atoms in total. The summed E-state index contributed by atoms with van der Waals surface area (Å²) in [5.74, 6) is -0.0161. The molecular formula is C10H18N4O2. The lowest BCUT2D eigenvalue weighted by Gasteiger charge is -2.25. The summed E-state index contributed by atoms with van der Waals surface area (Å²) in [6.45, 7) is 4.18. The van der Waals surface area contributed by atoms with Gasteiger partial charge in [-0.2, -0.15) is 5.10 Å². The molecule has 1 aromatic rings. The van der Waals surface area contributed by atoms with E-state index < -0.39 is 5.60 Å². The van der Waals surface area contributed by atoms with Gasteiger partial charge in [0.2, 0.25) is 5.91 Å². The summed E-state index contributed by atoms with van der Waals surface area (Å²) in [4.78, 5) is 17.0. The second-order valence-corrected chi connectivity index (χ2v) is 4.47. The fourth-order valence-corrected chi connectivity index (χ4v) is 1.42. The van der Waals surface area contributed by atoms with Crippen LogP contribution in [0.15, 0.2) is 12.7 Å². The highest BCUT2D eigenvalue weighted by atomic mass is 16.3. The van der Waals surface area contributed by atoms with Crippen molar-refractivity contribution in [2.75, 3.05) is 13.6 Å². The molecule has 0 fully saturated rings. The van der Waals surface area contributed by atoms with Crippen molar-refractivity contribution in [1.82, 2.24) is 19.7 Å². The van der Waals surface area contributed by atoms with Gasteiger partial charge >= 0.3 is 0 Å². The van der Waals surface area contributed by atoms with Gasteiger partial charge in [0.1, 0.15) is 12.7 Å². The van der Waals surface area contributed by atoms with Crippen LogP contribution in [0.5, 0.6) is 0 Å². The van der Waals surface area contributed by atoms with Crippen LogP contribution in [0.2, 0.25) is 0 Å². The van der Waals surface area contributed by atoms with Crippen LogP contribution in [-0.4, -0.2) is 49.9 Å². The van der Waals surface area contributed by atoms with Crippen LogP contribution < -0.4 is 0 Å². The smallest absolute Gasteiger partial charge is 0.224 e. The number of carbonyl (C=O) groups is 1. The molecule has 1 amide bonds. The second kappa shape index (κ2) is 5.07. The normalized spacial score (nSPS) is 11.5. The Hall–Kier alpha value is -1.43. The van der Waals surface area contributed by atoms with Gasteiger partial charge in [0.15, 0.2) is 0 Å². The first-order chi connectivity index (χ1) is 7.38. The number of hydrogen-bond acceptors (Lipinski definition) is 4. The van der Waals surface area contributed by atoms with Crippen molar-refractivity contribution in [2.24, 2.45) is 0 Å². The molecule has 0 bridgehead atoms. The standard InChI is InChI=1S/C10H18N4O2/c1-10(2,16)6-13(3)9(15)4-5-14-8-11-7-12-14/h7-8,16H,4-6H2,1-3H3. The minimum atomic E-state index is -0.863. The van der Waals surface area contributed by atoms with E-state index in [1.165, 1.54) is 11.2 Å². The van der Waals surface area contributed by atoms with E-state index in [1.807, 2.05) is 0 Å². The van der Waals surface area contributed by atoms with E-state index in [1.54, 1.807) is 31.9 Å². The van der Waals surface area contributed by atoms with E-state index in [2.05, 4.69) is 10.1 Å². The van der Waals surface area contributed by atoms with Gasteiger partial charge in [0, 0.05) is 20.0 Å². The van der Waals surface area contributed by atoms with E-state index in [9.17, 15) is 9.90 Å². The molecule has 6 heteroatoms. The average Bonchev–Trinajstić information content (AvgIpc) is 2.63. The molecule has 0 aliphatic rings. The van der Waals surface area contributed by atoms with Crippen molar-refractivity contribution >= 4 is 5.91 Å². The van der Waals surface area contributed by atoms with E-state index in [0.717, 1.165) is 0 Å². The number of aryl methyl sites for hydroxylation is 1. The van der Waals surface area contributed by atoms with Crippen molar-refractivity contribution < 1.29 is 9.90 Å². The van der Waals surface area contributed by atoms with Crippen LogP contribution >= 0.6 is 0 Å². The third-order valence-electron chi connectivity index (χ3n) is 2.07. The quantitative estimate of drug-likeness (QED) is 0.761. The van der Waals surface area contributed by atoms with Crippen LogP contribution in [0.25, 0.3) is 0 Å². The molecule has 0 atom stereocenters. The van der Waals surface area contributed by atoms with E-state index in [0.29, 0.717) is 19.5 Å². The topological polar surface area (TPSA) is 71.2 Å². The Kier molecular flexibility index (Phi) is 4.00. The summed E-state index contributed by atoms with van der Waals surface area (Å²) in [6.07, 6.45) is 3.37. The van der Waals surface area contributed by atoms with Crippen molar-refractivity contribution in [3.8, 4) is 0 Å². The molecule has 90 valence electrons.